The van der Waals surface area contributed by atoms with E-state index in [9.17, 15) is 32.3 Å². The Hall–Kier alpha value is -6.25. The molecule has 0 amide bonds. The first-order valence-electron chi connectivity index (χ1n) is 16.7. The Labute approximate surface area is 363 Å². The Bertz CT molecular complexity index is 2860. The molecular formula is C36H21F3N8O8S6. The van der Waals surface area contributed by atoms with E-state index in [1.54, 1.807) is 29.6 Å². The predicted molar refractivity (Wildman–Crippen MR) is 219 cm³/mol. The van der Waals surface area contributed by atoms with E-state index >= 15 is 0 Å². The number of alkyl halides is 3. The Balaban J connectivity index is 0.000000185. The number of rotatable bonds is 13. The van der Waals surface area contributed by atoms with Crippen LogP contribution in [-0.4, -0.2) is 83.8 Å². The number of hydrogen-bond acceptors (Lipinski definition) is 16. The normalized spacial score (nSPS) is 11.3. The lowest BCUT2D eigenvalue weighted by Gasteiger charge is -2.09. The SMILES string of the molecule is O=C(O)Cc1csc(Sc2nnc(-c3cccs3)n2-c2ccc(C(=O)O)cc2)n1.O=C(O)c1ccc(-n2c(Sc3nc(C(F)(F)F)c(C(=O)O)s3)nnc2-c2cccs2)cc1. The number of thiazole rings is 2. The van der Waals surface area contributed by atoms with Crippen LogP contribution in [0.25, 0.3) is 32.8 Å². The molecule has 8 rings (SSSR count). The first kappa shape index (κ1) is 42.9. The maximum absolute atomic E-state index is 13.2. The third-order valence-corrected chi connectivity index (χ3v) is 13.5. The Morgan fingerprint density at radius 3 is 1.51 bits per heavy atom. The van der Waals surface area contributed by atoms with Gasteiger partial charge in [0.05, 0.1) is 33.0 Å². The molecule has 0 aliphatic rings. The van der Waals surface area contributed by atoms with E-state index in [4.69, 9.17) is 20.4 Å². The Kier molecular flexibility index (Phi) is 12.8. The van der Waals surface area contributed by atoms with Gasteiger partial charge in [0.15, 0.2) is 26.0 Å². The molecule has 25 heteroatoms. The molecule has 0 aliphatic heterocycles. The van der Waals surface area contributed by atoms with Crippen LogP contribution in [0.5, 0.6) is 0 Å². The number of halogens is 3. The van der Waals surface area contributed by atoms with Gasteiger partial charge in [0, 0.05) is 16.8 Å². The molecule has 16 nitrogen and oxygen atoms in total. The van der Waals surface area contributed by atoms with Crippen molar-refractivity contribution >= 4 is 92.7 Å². The van der Waals surface area contributed by atoms with Crippen LogP contribution in [0.15, 0.2) is 108 Å². The number of hydrogen-bond donors (Lipinski definition) is 4. The molecule has 6 heterocycles. The number of aliphatic carboxylic acids is 1. The van der Waals surface area contributed by atoms with Crippen molar-refractivity contribution in [3.05, 3.63) is 116 Å². The molecule has 6 aromatic heterocycles. The second kappa shape index (κ2) is 18.2. The zero-order valence-electron chi connectivity index (χ0n) is 30.0. The zero-order valence-corrected chi connectivity index (χ0v) is 34.8. The third-order valence-electron chi connectivity index (χ3n) is 7.79. The number of carbonyl (C=O) groups is 4. The molecule has 0 bridgehead atoms. The van der Waals surface area contributed by atoms with Gasteiger partial charge in [-0.1, -0.05) is 23.5 Å². The molecule has 0 aliphatic carbocycles. The molecule has 61 heavy (non-hydrogen) atoms. The number of benzene rings is 2. The molecule has 2 aromatic carbocycles. The molecule has 8 aromatic rings. The summed E-state index contributed by atoms with van der Waals surface area (Å²) in [6, 6.07) is 19.6. The second-order valence-electron chi connectivity index (χ2n) is 11.8. The molecule has 4 N–H and O–H groups in total. The van der Waals surface area contributed by atoms with Crippen molar-refractivity contribution < 1.29 is 52.8 Å². The third kappa shape index (κ3) is 9.87. The summed E-state index contributed by atoms with van der Waals surface area (Å²) in [7, 11) is 0. The summed E-state index contributed by atoms with van der Waals surface area (Å²) in [5.74, 6) is -3.76. The van der Waals surface area contributed by atoms with E-state index in [0.29, 0.717) is 54.4 Å². The molecule has 0 fully saturated rings. The number of aromatic nitrogens is 8. The maximum atomic E-state index is 13.2. The van der Waals surface area contributed by atoms with Gasteiger partial charge in [0.1, 0.15) is 4.88 Å². The van der Waals surface area contributed by atoms with Gasteiger partial charge in [0.25, 0.3) is 0 Å². The van der Waals surface area contributed by atoms with Crippen LogP contribution in [0.3, 0.4) is 0 Å². The van der Waals surface area contributed by atoms with Crippen LogP contribution in [0.2, 0.25) is 0 Å². The summed E-state index contributed by atoms with van der Waals surface area (Å²) in [6.07, 6.45) is -5.06. The van der Waals surface area contributed by atoms with Gasteiger partial charge in [0.2, 0.25) is 10.3 Å². The fourth-order valence-corrected chi connectivity index (χ4v) is 10.3. The standard InChI is InChI=1S/C18H9F3N4O4S3.C18H12N4O4S3/c19-18(20,21)12-11(15(28)29)31-17(22-12)32-16-24-23-13(10-2-1-7-30-10)25(16)9-5-3-8(4-6-9)14(26)27;23-14(24)8-11-9-28-18(19-11)29-17-21-20-15(13-2-1-7-27-13)22(17)12-5-3-10(4-6-12)16(25)26/h1-7H,(H,26,27)(H,28,29);1-7,9H,8H2,(H,23,24)(H,25,26). The van der Waals surface area contributed by atoms with Gasteiger partial charge in [-0.3, -0.25) is 13.9 Å². The van der Waals surface area contributed by atoms with Crippen molar-refractivity contribution in [2.45, 2.75) is 31.6 Å². The van der Waals surface area contributed by atoms with Gasteiger partial charge >= 0.3 is 30.1 Å². The predicted octanol–water partition coefficient (Wildman–Crippen LogP) is 8.95. The van der Waals surface area contributed by atoms with Crippen LogP contribution in [-0.2, 0) is 17.4 Å². The minimum atomic E-state index is -4.93. The van der Waals surface area contributed by atoms with Gasteiger partial charge in [-0.25, -0.2) is 24.4 Å². The van der Waals surface area contributed by atoms with Crippen molar-refractivity contribution in [2.75, 3.05) is 0 Å². The van der Waals surface area contributed by atoms with Crippen molar-refractivity contribution in [1.82, 2.24) is 39.5 Å². The number of carboxylic acids is 4. The molecule has 0 saturated heterocycles. The highest BCUT2D eigenvalue weighted by atomic mass is 32.2. The molecule has 0 saturated carbocycles. The van der Waals surface area contributed by atoms with Crippen molar-refractivity contribution in [3.8, 4) is 32.8 Å². The summed E-state index contributed by atoms with van der Waals surface area (Å²) in [5.41, 5.74) is 0.430. The minimum Gasteiger partial charge on any atom is -0.481 e. The molecule has 0 unspecified atom stereocenters. The lowest BCUT2D eigenvalue weighted by molar-refractivity contribution is -0.141. The van der Waals surface area contributed by atoms with E-state index in [2.05, 4.69) is 30.4 Å². The molecule has 310 valence electrons. The van der Waals surface area contributed by atoms with Crippen LogP contribution in [0, 0.1) is 0 Å². The average molecular weight is 943 g/mol. The summed E-state index contributed by atoms with van der Waals surface area (Å²) < 4.78 is 43.4. The Morgan fingerprint density at radius 2 is 1.11 bits per heavy atom. The summed E-state index contributed by atoms with van der Waals surface area (Å²) in [6.45, 7) is 0. The van der Waals surface area contributed by atoms with Crippen molar-refractivity contribution in [3.63, 3.8) is 0 Å². The Morgan fingerprint density at radius 1 is 0.623 bits per heavy atom. The van der Waals surface area contributed by atoms with Gasteiger partial charge in [-0.05, 0) is 94.9 Å². The van der Waals surface area contributed by atoms with Crippen LogP contribution in [0.4, 0.5) is 13.2 Å². The zero-order chi connectivity index (χ0) is 43.4. The number of carboxylic acid groups (broad SMARTS) is 4. The lowest BCUT2D eigenvalue weighted by Crippen LogP contribution is -2.11. The number of aromatic carboxylic acids is 3. The quantitative estimate of drug-likeness (QED) is 0.0844. The largest absolute Gasteiger partial charge is 0.481 e. The summed E-state index contributed by atoms with van der Waals surface area (Å²) >= 11 is 6.60. The fraction of sp³-hybridized carbons (Fsp3) is 0.0556. The monoisotopic (exact) mass is 942 g/mol. The average Bonchev–Trinajstić information content (AvgIpc) is 4.07. The first-order chi connectivity index (χ1) is 29.2. The minimum absolute atomic E-state index is 0.0505. The lowest BCUT2D eigenvalue weighted by atomic mass is 10.2. The summed E-state index contributed by atoms with van der Waals surface area (Å²) in [4.78, 5) is 52.9. The topological polar surface area (TPSA) is 236 Å². The van der Waals surface area contributed by atoms with Gasteiger partial charge in [-0.15, -0.1) is 54.4 Å². The molecule has 0 spiro atoms. The second-order valence-corrected chi connectivity index (χ2v) is 18.0. The maximum Gasteiger partial charge on any atom is 0.435 e. The van der Waals surface area contributed by atoms with Crippen molar-refractivity contribution in [1.29, 1.82) is 0 Å². The van der Waals surface area contributed by atoms with Crippen LogP contribution in [0.1, 0.15) is 41.8 Å². The van der Waals surface area contributed by atoms with Crippen molar-refractivity contribution in [2.24, 2.45) is 0 Å². The van der Waals surface area contributed by atoms with Crippen LogP contribution >= 0.6 is 68.9 Å². The first-order valence-corrected chi connectivity index (χ1v) is 21.7. The molecule has 0 radical (unpaired) electrons. The highest BCUT2D eigenvalue weighted by Crippen LogP contribution is 2.41. The molecule has 0 atom stereocenters. The van der Waals surface area contributed by atoms with Crippen LogP contribution < -0.4 is 0 Å². The fourth-order valence-electron chi connectivity index (χ4n) is 5.18. The van der Waals surface area contributed by atoms with E-state index in [-0.39, 0.29) is 27.0 Å². The highest BCUT2D eigenvalue weighted by molar-refractivity contribution is 8.01. The smallest absolute Gasteiger partial charge is 0.435 e. The van der Waals surface area contributed by atoms with Gasteiger partial charge in [-0.2, -0.15) is 13.2 Å². The highest BCUT2D eigenvalue weighted by Gasteiger charge is 2.40. The van der Waals surface area contributed by atoms with E-state index < -0.39 is 40.6 Å². The number of nitrogens with zero attached hydrogens (tertiary/aromatic N) is 8. The van der Waals surface area contributed by atoms with Gasteiger partial charge < -0.3 is 20.4 Å². The van der Waals surface area contributed by atoms with E-state index in [0.717, 1.165) is 16.6 Å². The number of thiophene rings is 2. The summed E-state index contributed by atoms with van der Waals surface area (Å²) in [5, 5.41) is 59.2. The molecular weight excluding hydrogens is 922 g/mol. The van der Waals surface area contributed by atoms with E-state index in [1.165, 1.54) is 86.7 Å². The van der Waals surface area contributed by atoms with E-state index in [1.807, 2.05) is 27.5 Å².